The first-order valence-electron chi connectivity index (χ1n) is 7.93. The molecular formula is C17H21NO3. The number of ether oxygens (including phenoxy) is 2. The van der Waals surface area contributed by atoms with E-state index < -0.39 is 0 Å². The Kier molecular flexibility index (Phi) is 3.14. The quantitative estimate of drug-likeness (QED) is 0.849. The Bertz CT molecular complexity index is 563. The van der Waals surface area contributed by atoms with Crippen molar-refractivity contribution in [2.24, 2.45) is 11.3 Å². The normalized spacial score (nSPS) is 26.2. The zero-order chi connectivity index (χ0) is 14.3. The van der Waals surface area contributed by atoms with Gasteiger partial charge in [-0.3, -0.25) is 4.79 Å². The van der Waals surface area contributed by atoms with Gasteiger partial charge in [-0.25, -0.2) is 0 Å². The number of carbonyl (C=O) groups is 1. The lowest BCUT2D eigenvalue weighted by atomic mass is 9.89. The van der Waals surface area contributed by atoms with E-state index in [-0.39, 0.29) is 17.1 Å². The average Bonchev–Trinajstić information content (AvgIpc) is 3.25. The van der Waals surface area contributed by atoms with Gasteiger partial charge >= 0.3 is 0 Å². The van der Waals surface area contributed by atoms with Gasteiger partial charge in [-0.15, -0.1) is 0 Å². The van der Waals surface area contributed by atoms with E-state index in [0.717, 1.165) is 55.8 Å². The fraction of sp³-hybridized carbons (Fsp3) is 0.588. The maximum atomic E-state index is 12.7. The summed E-state index contributed by atoms with van der Waals surface area (Å²) in [7, 11) is 0. The summed E-state index contributed by atoms with van der Waals surface area (Å²) in [5, 5.41) is 3.38. The van der Waals surface area contributed by atoms with Gasteiger partial charge in [-0.05, 0) is 56.0 Å². The Hall–Kier alpha value is -1.55. The highest BCUT2D eigenvalue weighted by molar-refractivity contribution is 6.00. The Balaban J connectivity index is 1.54. The highest BCUT2D eigenvalue weighted by Gasteiger charge is 2.57. The third kappa shape index (κ3) is 2.31. The first-order chi connectivity index (χ1) is 10.3. The number of hydrogen-bond donors (Lipinski definition) is 1. The molecule has 1 saturated heterocycles. The van der Waals surface area contributed by atoms with E-state index in [2.05, 4.69) is 5.32 Å². The topological polar surface area (TPSA) is 47.6 Å². The standard InChI is InChI=1S/C17H21NO3/c19-16(13-11-17(13)4-6-18-7-5-17)12-2-3-14-15(10-12)21-9-1-8-20-14/h2-3,10,13,18H,1,4-9,11H2. The summed E-state index contributed by atoms with van der Waals surface area (Å²) in [4.78, 5) is 12.7. The lowest BCUT2D eigenvalue weighted by Crippen LogP contribution is -2.30. The molecule has 1 atom stereocenters. The van der Waals surface area contributed by atoms with Gasteiger partial charge in [0.25, 0.3) is 0 Å². The number of carbonyl (C=O) groups excluding carboxylic acids is 1. The molecule has 21 heavy (non-hydrogen) atoms. The smallest absolute Gasteiger partial charge is 0.166 e. The molecular weight excluding hydrogens is 266 g/mol. The maximum Gasteiger partial charge on any atom is 0.166 e. The fourth-order valence-corrected chi connectivity index (χ4v) is 3.71. The van der Waals surface area contributed by atoms with Crippen molar-refractivity contribution in [1.29, 1.82) is 0 Å². The molecule has 112 valence electrons. The van der Waals surface area contributed by atoms with Crippen LogP contribution < -0.4 is 14.8 Å². The zero-order valence-electron chi connectivity index (χ0n) is 12.2. The SMILES string of the molecule is O=C(c1ccc2c(c1)OCCCO2)C1CC12CCNCC2. The second-order valence-corrected chi connectivity index (χ2v) is 6.45. The van der Waals surface area contributed by atoms with Crippen LogP contribution in [0.5, 0.6) is 11.5 Å². The van der Waals surface area contributed by atoms with Crippen LogP contribution in [0.2, 0.25) is 0 Å². The van der Waals surface area contributed by atoms with Crippen LogP contribution in [-0.4, -0.2) is 32.1 Å². The van der Waals surface area contributed by atoms with Crippen LogP contribution in [0.1, 0.15) is 36.0 Å². The molecule has 0 bridgehead atoms. The second-order valence-electron chi connectivity index (χ2n) is 6.45. The van der Waals surface area contributed by atoms with Gasteiger partial charge in [0.15, 0.2) is 17.3 Å². The lowest BCUT2D eigenvalue weighted by molar-refractivity contribution is 0.0940. The van der Waals surface area contributed by atoms with Gasteiger partial charge in [0.2, 0.25) is 0 Å². The average molecular weight is 287 g/mol. The molecule has 4 heteroatoms. The Labute approximate surface area is 124 Å². The van der Waals surface area contributed by atoms with Crippen molar-refractivity contribution in [2.45, 2.75) is 25.7 Å². The predicted molar refractivity (Wildman–Crippen MR) is 79.0 cm³/mol. The summed E-state index contributed by atoms with van der Waals surface area (Å²) in [5.41, 5.74) is 1.06. The van der Waals surface area contributed by atoms with Crippen LogP contribution in [-0.2, 0) is 0 Å². The minimum atomic E-state index is 0.212. The number of ketones is 1. The fourth-order valence-electron chi connectivity index (χ4n) is 3.71. The second kappa shape index (κ2) is 5.02. The van der Waals surface area contributed by atoms with E-state index >= 15 is 0 Å². The molecule has 2 heterocycles. The third-order valence-corrected chi connectivity index (χ3v) is 5.14. The molecule has 1 aromatic carbocycles. The van der Waals surface area contributed by atoms with Crippen LogP contribution in [0.4, 0.5) is 0 Å². The number of nitrogens with one attached hydrogen (secondary N) is 1. The minimum Gasteiger partial charge on any atom is -0.490 e. The molecule has 1 aromatic rings. The van der Waals surface area contributed by atoms with Crippen LogP contribution in [0.15, 0.2) is 18.2 Å². The number of fused-ring (bicyclic) bond motifs is 1. The van der Waals surface area contributed by atoms with Gasteiger partial charge in [0.1, 0.15) is 0 Å². The zero-order valence-corrected chi connectivity index (χ0v) is 12.2. The van der Waals surface area contributed by atoms with Crippen molar-refractivity contribution in [3.63, 3.8) is 0 Å². The summed E-state index contributed by atoms with van der Waals surface area (Å²) < 4.78 is 11.3. The molecule has 0 radical (unpaired) electrons. The molecule has 0 aromatic heterocycles. The Morgan fingerprint density at radius 1 is 1.14 bits per heavy atom. The van der Waals surface area contributed by atoms with Crippen molar-refractivity contribution < 1.29 is 14.3 Å². The molecule has 1 N–H and O–H groups in total. The molecule has 1 aliphatic carbocycles. The van der Waals surface area contributed by atoms with Gasteiger partial charge in [0, 0.05) is 17.9 Å². The monoisotopic (exact) mass is 287 g/mol. The first kappa shape index (κ1) is 13.1. The van der Waals surface area contributed by atoms with E-state index in [1.807, 2.05) is 18.2 Å². The third-order valence-electron chi connectivity index (χ3n) is 5.14. The van der Waals surface area contributed by atoms with Gasteiger partial charge < -0.3 is 14.8 Å². The van der Waals surface area contributed by atoms with E-state index in [0.29, 0.717) is 13.2 Å². The molecule has 4 rings (SSSR count). The van der Waals surface area contributed by atoms with Crippen LogP contribution in [0.25, 0.3) is 0 Å². The summed E-state index contributed by atoms with van der Waals surface area (Å²) in [6.07, 6.45) is 4.21. The predicted octanol–water partition coefficient (Wildman–Crippen LogP) is 2.42. The molecule has 3 aliphatic rings. The molecule has 0 amide bonds. The number of rotatable bonds is 2. The summed E-state index contributed by atoms with van der Waals surface area (Å²) in [5.74, 6) is 1.98. The van der Waals surface area contributed by atoms with E-state index in [9.17, 15) is 4.79 Å². The number of piperidine rings is 1. The van der Waals surface area contributed by atoms with E-state index in [4.69, 9.17) is 9.47 Å². The molecule has 1 saturated carbocycles. The minimum absolute atomic E-state index is 0.212. The van der Waals surface area contributed by atoms with Crippen molar-refractivity contribution in [1.82, 2.24) is 5.32 Å². The summed E-state index contributed by atoms with van der Waals surface area (Å²) in [6, 6.07) is 5.64. The number of benzene rings is 1. The largest absolute Gasteiger partial charge is 0.490 e. The molecule has 2 fully saturated rings. The summed E-state index contributed by atoms with van der Waals surface area (Å²) in [6.45, 7) is 3.43. The maximum absolute atomic E-state index is 12.7. The van der Waals surface area contributed by atoms with E-state index in [1.165, 1.54) is 0 Å². The number of Topliss-reactive ketones (excluding diaryl/α,β-unsaturated/α-hetero) is 1. The number of hydrogen-bond acceptors (Lipinski definition) is 4. The molecule has 1 unspecified atom stereocenters. The Morgan fingerprint density at radius 2 is 1.90 bits per heavy atom. The van der Waals surface area contributed by atoms with Gasteiger partial charge in [-0.2, -0.15) is 0 Å². The molecule has 4 nitrogen and oxygen atoms in total. The van der Waals surface area contributed by atoms with Gasteiger partial charge in [0.05, 0.1) is 13.2 Å². The van der Waals surface area contributed by atoms with Crippen molar-refractivity contribution >= 4 is 5.78 Å². The lowest BCUT2D eigenvalue weighted by Gasteiger charge is -2.23. The van der Waals surface area contributed by atoms with Crippen molar-refractivity contribution in [3.05, 3.63) is 23.8 Å². The molecule has 2 aliphatic heterocycles. The van der Waals surface area contributed by atoms with Gasteiger partial charge in [-0.1, -0.05) is 0 Å². The highest BCUT2D eigenvalue weighted by atomic mass is 16.5. The van der Waals surface area contributed by atoms with Crippen LogP contribution in [0, 0.1) is 11.3 Å². The van der Waals surface area contributed by atoms with E-state index in [1.54, 1.807) is 0 Å². The van der Waals surface area contributed by atoms with Crippen molar-refractivity contribution in [2.75, 3.05) is 26.3 Å². The van der Waals surface area contributed by atoms with Crippen LogP contribution >= 0.6 is 0 Å². The van der Waals surface area contributed by atoms with Crippen LogP contribution in [0.3, 0.4) is 0 Å². The first-order valence-corrected chi connectivity index (χ1v) is 7.93. The van der Waals surface area contributed by atoms with Crippen molar-refractivity contribution in [3.8, 4) is 11.5 Å². The summed E-state index contributed by atoms with van der Waals surface area (Å²) >= 11 is 0. The molecule has 1 spiro atoms. The Morgan fingerprint density at radius 3 is 2.71 bits per heavy atom. The highest BCUT2D eigenvalue weighted by Crippen LogP contribution is 2.59.